The number of fused-ring (bicyclic) bond motifs is 1. The molecule has 4 rings (SSSR count). The number of hydrogen-bond acceptors (Lipinski definition) is 4. The first-order valence-corrected chi connectivity index (χ1v) is 13.2. The van der Waals surface area contributed by atoms with Gasteiger partial charge >= 0.3 is 0 Å². The van der Waals surface area contributed by atoms with Gasteiger partial charge < -0.3 is 10.2 Å². The highest BCUT2D eigenvalue weighted by Gasteiger charge is 2.27. The molecular weight excluding hydrogens is 472 g/mol. The van der Waals surface area contributed by atoms with Crippen molar-refractivity contribution in [3.05, 3.63) is 94.5 Å². The molecule has 1 aliphatic rings. The van der Waals surface area contributed by atoms with Gasteiger partial charge in [0, 0.05) is 18.5 Å². The van der Waals surface area contributed by atoms with Gasteiger partial charge in [-0.1, -0.05) is 54.1 Å². The quantitative estimate of drug-likeness (QED) is 0.541. The number of hydrogen-bond donors (Lipinski definition) is 1. The van der Waals surface area contributed by atoms with Gasteiger partial charge in [0.05, 0.1) is 27.9 Å². The SMILES string of the molecule is CS(=O)(=O)c1ccc2c(c1)CCCN2C(=O)CC(NC(=O)c1ccccc1Cl)c1ccccc1. The van der Waals surface area contributed by atoms with Gasteiger partial charge in [0.15, 0.2) is 9.84 Å². The summed E-state index contributed by atoms with van der Waals surface area (Å²) in [7, 11) is -3.33. The summed E-state index contributed by atoms with van der Waals surface area (Å²) in [6, 6.07) is 20.4. The van der Waals surface area contributed by atoms with Gasteiger partial charge in [-0.05, 0) is 54.3 Å². The Bertz CT molecular complexity index is 1330. The zero-order valence-electron chi connectivity index (χ0n) is 18.7. The Hall–Kier alpha value is -3.16. The molecule has 1 unspecified atom stereocenters. The van der Waals surface area contributed by atoms with Crippen molar-refractivity contribution in [2.45, 2.75) is 30.2 Å². The van der Waals surface area contributed by atoms with E-state index in [9.17, 15) is 18.0 Å². The third-order valence-electron chi connectivity index (χ3n) is 5.90. The molecule has 2 amide bonds. The third-order valence-corrected chi connectivity index (χ3v) is 7.34. The van der Waals surface area contributed by atoms with Crippen LogP contribution in [0.5, 0.6) is 0 Å². The first kappa shape index (κ1) is 24.0. The lowest BCUT2D eigenvalue weighted by Crippen LogP contribution is -2.39. The van der Waals surface area contributed by atoms with E-state index in [0.29, 0.717) is 29.2 Å². The van der Waals surface area contributed by atoms with Gasteiger partial charge in [-0.25, -0.2) is 8.42 Å². The normalized spacial score (nSPS) is 14.2. The molecule has 8 heteroatoms. The predicted octanol–water partition coefficient (Wildman–Crippen LogP) is 4.58. The van der Waals surface area contributed by atoms with E-state index in [0.717, 1.165) is 17.5 Å². The van der Waals surface area contributed by atoms with Crippen LogP contribution in [0.25, 0.3) is 0 Å². The van der Waals surface area contributed by atoms with Crippen molar-refractivity contribution in [2.24, 2.45) is 0 Å². The summed E-state index contributed by atoms with van der Waals surface area (Å²) in [4.78, 5) is 28.3. The second kappa shape index (κ2) is 9.99. The molecule has 176 valence electrons. The molecule has 0 fully saturated rings. The van der Waals surface area contributed by atoms with E-state index in [1.54, 1.807) is 41.3 Å². The Kier molecular flexibility index (Phi) is 7.05. The van der Waals surface area contributed by atoms with E-state index >= 15 is 0 Å². The van der Waals surface area contributed by atoms with E-state index in [4.69, 9.17) is 11.6 Å². The standard InChI is InChI=1S/C26H25ClN2O4S/c1-34(32,33)20-13-14-24-19(16-20)10-7-15-29(24)25(30)17-23(18-8-3-2-4-9-18)28-26(31)21-11-5-6-12-22(21)27/h2-6,8-9,11-14,16,23H,7,10,15,17H2,1H3,(H,28,31). The number of sulfone groups is 1. The fourth-order valence-corrected chi connectivity index (χ4v) is 5.06. The van der Waals surface area contributed by atoms with Gasteiger partial charge in [-0.15, -0.1) is 0 Å². The van der Waals surface area contributed by atoms with Crippen molar-refractivity contribution in [3.8, 4) is 0 Å². The van der Waals surface area contributed by atoms with Crippen molar-refractivity contribution in [1.82, 2.24) is 5.32 Å². The van der Waals surface area contributed by atoms with Gasteiger partial charge in [0.25, 0.3) is 5.91 Å². The number of carbonyl (C=O) groups excluding carboxylic acids is 2. The van der Waals surface area contributed by atoms with Crippen LogP contribution in [0.1, 0.15) is 40.4 Å². The number of nitrogens with zero attached hydrogens (tertiary/aromatic N) is 1. The number of halogens is 1. The molecule has 3 aromatic rings. The van der Waals surface area contributed by atoms with E-state index < -0.39 is 15.9 Å². The fraction of sp³-hybridized carbons (Fsp3) is 0.231. The maximum Gasteiger partial charge on any atom is 0.253 e. The molecule has 0 bridgehead atoms. The molecule has 6 nitrogen and oxygen atoms in total. The molecule has 0 aliphatic carbocycles. The van der Waals surface area contributed by atoms with Crippen molar-refractivity contribution in [2.75, 3.05) is 17.7 Å². The van der Waals surface area contributed by atoms with E-state index in [-0.39, 0.29) is 23.1 Å². The average Bonchev–Trinajstić information content (AvgIpc) is 2.83. The summed E-state index contributed by atoms with van der Waals surface area (Å²) in [6.07, 6.45) is 2.65. The molecule has 1 N–H and O–H groups in total. The molecule has 0 radical (unpaired) electrons. The third kappa shape index (κ3) is 5.32. The van der Waals surface area contributed by atoms with Crippen LogP contribution in [-0.4, -0.2) is 33.0 Å². The zero-order chi connectivity index (χ0) is 24.3. The van der Waals surface area contributed by atoms with Gasteiger partial charge in [-0.3, -0.25) is 9.59 Å². The molecule has 34 heavy (non-hydrogen) atoms. The summed E-state index contributed by atoms with van der Waals surface area (Å²) in [6.45, 7) is 0.532. The van der Waals surface area contributed by atoms with Crippen LogP contribution in [0.4, 0.5) is 5.69 Å². The first-order chi connectivity index (χ1) is 16.2. The van der Waals surface area contributed by atoms with E-state index in [1.807, 2.05) is 30.3 Å². The Balaban J connectivity index is 1.60. The van der Waals surface area contributed by atoms with Crippen molar-refractivity contribution in [1.29, 1.82) is 0 Å². The van der Waals surface area contributed by atoms with Crippen LogP contribution < -0.4 is 10.2 Å². The molecule has 1 aliphatic heterocycles. The Morgan fingerprint density at radius 1 is 1.03 bits per heavy atom. The predicted molar refractivity (Wildman–Crippen MR) is 133 cm³/mol. The van der Waals surface area contributed by atoms with Crippen LogP contribution in [0.15, 0.2) is 77.7 Å². The number of anilines is 1. The molecule has 0 spiro atoms. The summed E-state index contributed by atoms with van der Waals surface area (Å²) in [5, 5.41) is 3.30. The smallest absolute Gasteiger partial charge is 0.253 e. The lowest BCUT2D eigenvalue weighted by atomic mass is 9.98. The lowest BCUT2D eigenvalue weighted by Gasteiger charge is -2.31. The molecule has 0 saturated carbocycles. The molecule has 3 aromatic carbocycles. The Labute approximate surface area is 204 Å². The maximum atomic E-state index is 13.4. The molecule has 0 aromatic heterocycles. The molecule has 1 heterocycles. The minimum atomic E-state index is -3.33. The highest BCUT2D eigenvalue weighted by Crippen LogP contribution is 2.31. The van der Waals surface area contributed by atoms with E-state index in [2.05, 4.69) is 5.32 Å². The highest BCUT2D eigenvalue weighted by atomic mass is 35.5. The number of aryl methyl sites for hydroxylation is 1. The molecular formula is C26H25ClN2O4S. The summed E-state index contributed by atoms with van der Waals surface area (Å²) in [5.41, 5.74) is 2.70. The molecule has 1 atom stereocenters. The Morgan fingerprint density at radius 2 is 1.74 bits per heavy atom. The number of carbonyl (C=O) groups is 2. The van der Waals surface area contributed by atoms with Crippen molar-refractivity contribution < 1.29 is 18.0 Å². The van der Waals surface area contributed by atoms with Crippen LogP contribution in [0.2, 0.25) is 5.02 Å². The highest BCUT2D eigenvalue weighted by molar-refractivity contribution is 7.90. The summed E-state index contributed by atoms with van der Waals surface area (Å²) < 4.78 is 23.9. The number of amides is 2. The molecule has 0 saturated heterocycles. The van der Waals surface area contributed by atoms with Crippen LogP contribution >= 0.6 is 11.6 Å². The van der Waals surface area contributed by atoms with Gasteiger partial charge in [0.2, 0.25) is 5.91 Å². The zero-order valence-corrected chi connectivity index (χ0v) is 20.3. The van der Waals surface area contributed by atoms with Gasteiger partial charge in [0.1, 0.15) is 0 Å². The largest absolute Gasteiger partial charge is 0.345 e. The average molecular weight is 497 g/mol. The van der Waals surface area contributed by atoms with Crippen molar-refractivity contribution in [3.63, 3.8) is 0 Å². The van der Waals surface area contributed by atoms with Crippen LogP contribution in [0, 0.1) is 0 Å². The number of rotatable bonds is 6. The van der Waals surface area contributed by atoms with Gasteiger partial charge in [-0.2, -0.15) is 0 Å². The summed E-state index contributed by atoms with van der Waals surface area (Å²) >= 11 is 6.20. The topological polar surface area (TPSA) is 83.6 Å². The minimum absolute atomic E-state index is 0.0491. The van der Waals surface area contributed by atoms with E-state index in [1.165, 1.54) is 12.3 Å². The second-order valence-corrected chi connectivity index (χ2v) is 10.8. The summed E-state index contributed by atoms with van der Waals surface area (Å²) in [5.74, 6) is -0.509. The minimum Gasteiger partial charge on any atom is -0.345 e. The monoisotopic (exact) mass is 496 g/mol. The Morgan fingerprint density at radius 3 is 2.44 bits per heavy atom. The second-order valence-electron chi connectivity index (χ2n) is 8.33. The van der Waals surface area contributed by atoms with Crippen LogP contribution in [0.3, 0.4) is 0 Å². The fourth-order valence-electron chi connectivity index (χ4n) is 4.17. The number of nitrogens with one attached hydrogen (secondary N) is 1. The number of benzene rings is 3. The van der Waals surface area contributed by atoms with Crippen molar-refractivity contribution >= 4 is 38.9 Å². The van der Waals surface area contributed by atoms with Crippen LogP contribution in [-0.2, 0) is 21.1 Å². The maximum absolute atomic E-state index is 13.4. The first-order valence-electron chi connectivity index (χ1n) is 11.0. The lowest BCUT2D eigenvalue weighted by molar-refractivity contribution is -0.119.